The SMILES string of the molecule is O=C(O)CCCCCCCNC(=O)C1CCN(C(=O)c2ccccc2)CC1. The maximum Gasteiger partial charge on any atom is 0.303 e. The molecule has 0 radical (unpaired) electrons. The maximum absolute atomic E-state index is 12.4. The van der Waals surface area contributed by atoms with Gasteiger partial charge in [-0.3, -0.25) is 14.4 Å². The minimum Gasteiger partial charge on any atom is -0.481 e. The van der Waals surface area contributed by atoms with Gasteiger partial charge in [0.15, 0.2) is 0 Å². The molecule has 0 spiro atoms. The Hall–Kier alpha value is -2.37. The first-order chi connectivity index (χ1) is 13.1. The van der Waals surface area contributed by atoms with E-state index in [1.165, 1.54) is 0 Å². The molecule has 6 heteroatoms. The summed E-state index contributed by atoms with van der Waals surface area (Å²) in [4.78, 5) is 37.0. The molecule has 1 fully saturated rings. The fourth-order valence-corrected chi connectivity index (χ4v) is 3.40. The summed E-state index contributed by atoms with van der Waals surface area (Å²) in [6, 6.07) is 9.26. The van der Waals surface area contributed by atoms with Crippen LogP contribution in [0.5, 0.6) is 0 Å². The summed E-state index contributed by atoms with van der Waals surface area (Å²) >= 11 is 0. The fourth-order valence-electron chi connectivity index (χ4n) is 3.40. The molecular formula is C21H30N2O4. The molecule has 2 rings (SSSR count). The molecule has 1 saturated heterocycles. The lowest BCUT2D eigenvalue weighted by molar-refractivity contribution is -0.137. The van der Waals surface area contributed by atoms with Crippen LogP contribution < -0.4 is 5.32 Å². The maximum atomic E-state index is 12.4. The largest absolute Gasteiger partial charge is 0.481 e. The van der Waals surface area contributed by atoms with Gasteiger partial charge in [-0.15, -0.1) is 0 Å². The molecule has 2 N–H and O–H groups in total. The summed E-state index contributed by atoms with van der Waals surface area (Å²) in [5, 5.41) is 11.6. The Balaban J connectivity index is 1.57. The Kier molecular flexibility index (Phi) is 8.81. The van der Waals surface area contributed by atoms with Crippen molar-refractivity contribution in [1.82, 2.24) is 10.2 Å². The van der Waals surface area contributed by atoms with Crippen LogP contribution in [0, 0.1) is 5.92 Å². The second kappa shape index (κ2) is 11.4. The van der Waals surface area contributed by atoms with Gasteiger partial charge in [-0.05, 0) is 37.8 Å². The second-order valence-corrected chi connectivity index (χ2v) is 7.14. The number of carboxylic acids is 1. The number of piperidine rings is 1. The average molecular weight is 374 g/mol. The molecule has 0 aliphatic carbocycles. The van der Waals surface area contributed by atoms with Crippen molar-refractivity contribution in [3.8, 4) is 0 Å². The minimum absolute atomic E-state index is 0.0135. The van der Waals surface area contributed by atoms with Gasteiger partial charge in [0.2, 0.25) is 5.91 Å². The standard InChI is InChI=1S/C21H30N2O4/c24-19(25)11-7-2-1-3-8-14-22-20(26)17-12-15-23(16-13-17)21(27)18-9-5-4-6-10-18/h4-6,9-10,17H,1-3,7-8,11-16H2,(H,22,26)(H,24,25). The third kappa shape index (κ3) is 7.41. The first-order valence-corrected chi connectivity index (χ1v) is 9.92. The van der Waals surface area contributed by atoms with Crippen molar-refractivity contribution in [2.45, 2.75) is 51.4 Å². The molecule has 1 heterocycles. The highest BCUT2D eigenvalue weighted by Gasteiger charge is 2.27. The van der Waals surface area contributed by atoms with E-state index in [2.05, 4.69) is 5.32 Å². The lowest BCUT2D eigenvalue weighted by Gasteiger charge is -2.31. The van der Waals surface area contributed by atoms with Gasteiger partial charge in [0.1, 0.15) is 0 Å². The van der Waals surface area contributed by atoms with Crippen LogP contribution in [-0.2, 0) is 9.59 Å². The number of amides is 2. The zero-order valence-electron chi connectivity index (χ0n) is 15.9. The van der Waals surface area contributed by atoms with Gasteiger partial charge in [0.05, 0.1) is 0 Å². The van der Waals surface area contributed by atoms with E-state index in [-0.39, 0.29) is 24.2 Å². The van der Waals surface area contributed by atoms with Crippen molar-refractivity contribution in [3.63, 3.8) is 0 Å². The molecule has 27 heavy (non-hydrogen) atoms. The number of aliphatic carboxylic acids is 1. The third-order valence-corrected chi connectivity index (χ3v) is 5.04. The lowest BCUT2D eigenvalue weighted by Crippen LogP contribution is -2.43. The molecule has 1 aliphatic heterocycles. The summed E-state index contributed by atoms with van der Waals surface area (Å²) in [5.41, 5.74) is 0.698. The van der Waals surface area contributed by atoms with Gasteiger partial charge < -0.3 is 15.3 Å². The molecule has 1 aromatic carbocycles. The summed E-state index contributed by atoms with van der Waals surface area (Å²) < 4.78 is 0. The summed E-state index contributed by atoms with van der Waals surface area (Å²) in [7, 11) is 0. The monoisotopic (exact) mass is 374 g/mol. The summed E-state index contributed by atoms with van der Waals surface area (Å²) in [5.74, 6) is -0.621. The van der Waals surface area contributed by atoms with E-state index >= 15 is 0 Å². The first kappa shape index (κ1) is 20.9. The molecule has 6 nitrogen and oxygen atoms in total. The van der Waals surface area contributed by atoms with Crippen molar-refractivity contribution < 1.29 is 19.5 Å². The van der Waals surface area contributed by atoms with Crippen LogP contribution in [0.1, 0.15) is 61.7 Å². The van der Waals surface area contributed by atoms with E-state index in [4.69, 9.17) is 5.11 Å². The molecule has 0 aromatic heterocycles. The zero-order chi connectivity index (χ0) is 19.5. The van der Waals surface area contributed by atoms with Gasteiger partial charge in [-0.25, -0.2) is 0 Å². The van der Waals surface area contributed by atoms with E-state index in [0.717, 1.165) is 32.1 Å². The fraction of sp³-hybridized carbons (Fsp3) is 0.571. The molecular weight excluding hydrogens is 344 g/mol. The van der Waals surface area contributed by atoms with E-state index in [1.54, 1.807) is 0 Å². The minimum atomic E-state index is -0.737. The lowest BCUT2D eigenvalue weighted by atomic mass is 9.95. The zero-order valence-corrected chi connectivity index (χ0v) is 15.9. The van der Waals surface area contributed by atoms with Gasteiger partial charge in [-0.1, -0.05) is 37.5 Å². The molecule has 0 saturated carbocycles. The van der Waals surface area contributed by atoms with Crippen LogP contribution in [0.15, 0.2) is 30.3 Å². The Labute approximate surface area is 160 Å². The van der Waals surface area contributed by atoms with Crippen molar-refractivity contribution in [3.05, 3.63) is 35.9 Å². The Morgan fingerprint density at radius 2 is 1.59 bits per heavy atom. The number of benzene rings is 1. The molecule has 148 valence electrons. The highest BCUT2D eigenvalue weighted by atomic mass is 16.4. The van der Waals surface area contributed by atoms with Crippen LogP contribution in [-0.4, -0.2) is 47.4 Å². The second-order valence-electron chi connectivity index (χ2n) is 7.14. The highest BCUT2D eigenvalue weighted by molar-refractivity contribution is 5.94. The third-order valence-electron chi connectivity index (χ3n) is 5.04. The Bertz CT molecular complexity index is 610. The molecule has 0 unspecified atom stereocenters. The van der Waals surface area contributed by atoms with Crippen LogP contribution in [0.25, 0.3) is 0 Å². The average Bonchev–Trinajstić information content (AvgIpc) is 2.70. The number of carboxylic acid groups (broad SMARTS) is 1. The Morgan fingerprint density at radius 1 is 0.963 bits per heavy atom. The molecule has 1 aromatic rings. The molecule has 0 bridgehead atoms. The van der Waals surface area contributed by atoms with E-state index in [1.807, 2.05) is 35.2 Å². The summed E-state index contributed by atoms with van der Waals surface area (Å²) in [6.45, 7) is 1.91. The van der Waals surface area contributed by atoms with E-state index < -0.39 is 5.97 Å². The van der Waals surface area contributed by atoms with E-state index in [0.29, 0.717) is 38.0 Å². The van der Waals surface area contributed by atoms with Gasteiger partial charge in [0.25, 0.3) is 5.91 Å². The molecule has 0 atom stereocenters. The van der Waals surface area contributed by atoms with Gasteiger partial charge >= 0.3 is 5.97 Å². The normalized spacial score (nSPS) is 14.7. The van der Waals surface area contributed by atoms with Crippen LogP contribution in [0.2, 0.25) is 0 Å². The number of hydrogen-bond donors (Lipinski definition) is 2. The van der Waals surface area contributed by atoms with Crippen LogP contribution in [0.4, 0.5) is 0 Å². The number of nitrogens with zero attached hydrogens (tertiary/aromatic N) is 1. The predicted octanol–water partition coefficient (Wildman–Crippen LogP) is 3.08. The predicted molar refractivity (Wildman–Crippen MR) is 103 cm³/mol. The number of rotatable bonds is 10. The quantitative estimate of drug-likeness (QED) is 0.616. The van der Waals surface area contributed by atoms with Crippen LogP contribution in [0.3, 0.4) is 0 Å². The smallest absolute Gasteiger partial charge is 0.303 e. The number of unbranched alkanes of at least 4 members (excludes halogenated alkanes) is 4. The number of hydrogen-bond acceptors (Lipinski definition) is 3. The molecule has 2 amide bonds. The molecule has 1 aliphatic rings. The number of carbonyl (C=O) groups is 3. The summed E-state index contributed by atoms with van der Waals surface area (Å²) in [6.07, 6.45) is 6.23. The van der Waals surface area contributed by atoms with Crippen molar-refractivity contribution >= 4 is 17.8 Å². The number of nitrogens with one attached hydrogen (secondary N) is 1. The van der Waals surface area contributed by atoms with Crippen LogP contribution >= 0.6 is 0 Å². The Morgan fingerprint density at radius 3 is 2.26 bits per heavy atom. The van der Waals surface area contributed by atoms with Crippen molar-refractivity contribution in [2.24, 2.45) is 5.92 Å². The first-order valence-electron chi connectivity index (χ1n) is 9.92. The van der Waals surface area contributed by atoms with Gasteiger partial charge in [0, 0.05) is 37.5 Å². The highest BCUT2D eigenvalue weighted by Crippen LogP contribution is 2.19. The van der Waals surface area contributed by atoms with Crippen molar-refractivity contribution in [1.29, 1.82) is 0 Å². The number of carbonyl (C=O) groups excluding carboxylic acids is 2. The van der Waals surface area contributed by atoms with E-state index in [9.17, 15) is 14.4 Å². The van der Waals surface area contributed by atoms with Crippen molar-refractivity contribution in [2.75, 3.05) is 19.6 Å². The topological polar surface area (TPSA) is 86.7 Å². The van der Waals surface area contributed by atoms with Gasteiger partial charge in [-0.2, -0.15) is 0 Å². The number of likely N-dealkylation sites (tertiary alicyclic amines) is 1.